The Hall–Kier alpha value is -2.08. The summed E-state index contributed by atoms with van der Waals surface area (Å²) in [6, 6.07) is 10.4. The number of nitrogens with one attached hydrogen (secondary N) is 1. The number of benzene rings is 1. The Labute approximate surface area is 131 Å². The van der Waals surface area contributed by atoms with Crippen LogP contribution < -0.4 is 10.1 Å². The molecule has 0 aliphatic heterocycles. The molecular formula is C15H15BrN2O3. The Balaban J connectivity index is 2.27. The number of halogens is 1. The largest absolute Gasteiger partial charge is 0.481 e. The van der Waals surface area contributed by atoms with Crippen LogP contribution in [0.15, 0.2) is 47.1 Å². The van der Waals surface area contributed by atoms with Crippen molar-refractivity contribution in [1.82, 2.24) is 4.98 Å². The standard InChI is InChI=1S/C15H15BrN2O3/c1-20-13-7-6-10(9-17-13)14(15(19)21-2)18-12-5-3-4-11(16)8-12/h3-9,14,18H,1-2H3. The van der Waals surface area contributed by atoms with Gasteiger partial charge in [-0.1, -0.05) is 22.0 Å². The number of ether oxygens (including phenoxy) is 2. The zero-order chi connectivity index (χ0) is 15.2. The van der Waals surface area contributed by atoms with E-state index in [0.29, 0.717) is 11.4 Å². The summed E-state index contributed by atoms with van der Waals surface area (Å²) >= 11 is 3.40. The van der Waals surface area contributed by atoms with Gasteiger partial charge in [0, 0.05) is 28.0 Å². The number of carbonyl (C=O) groups excluding carboxylic acids is 1. The molecule has 0 saturated carbocycles. The third kappa shape index (κ3) is 3.95. The fourth-order valence-corrected chi connectivity index (χ4v) is 2.22. The van der Waals surface area contributed by atoms with Gasteiger partial charge in [0.2, 0.25) is 5.88 Å². The summed E-state index contributed by atoms with van der Waals surface area (Å²) in [4.78, 5) is 16.1. The van der Waals surface area contributed by atoms with E-state index in [2.05, 4.69) is 26.2 Å². The van der Waals surface area contributed by atoms with Gasteiger partial charge in [0.25, 0.3) is 0 Å². The zero-order valence-electron chi connectivity index (χ0n) is 11.7. The maximum atomic E-state index is 12.0. The minimum atomic E-state index is -0.636. The van der Waals surface area contributed by atoms with Gasteiger partial charge < -0.3 is 14.8 Å². The molecule has 1 heterocycles. The van der Waals surface area contributed by atoms with Gasteiger partial charge >= 0.3 is 5.97 Å². The van der Waals surface area contributed by atoms with Gasteiger partial charge in [-0.2, -0.15) is 0 Å². The van der Waals surface area contributed by atoms with E-state index in [1.54, 1.807) is 25.4 Å². The number of hydrogen-bond acceptors (Lipinski definition) is 5. The normalized spacial score (nSPS) is 11.6. The molecule has 0 spiro atoms. The second-order valence-electron chi connectivity index (χ2n) is 4.24. The van der Waals surface area contributed by atoms with E-state index in [4.69, 9.17) is 9.47 Å². The number of methoxy groups -OCH3 is 2. The van der Waals surface area contributed by atoms with E-state index in [9.17, 15) is 4.79 Å². The van der Waals surface area contributed by atoms with Gasteiger partial charge in [-0.15, -0.1) is 0 Å². The highest BCUT2D eigenvalue weighted by Crippen LogP contribution is 2.23. The lowest BCUT2D eigenvalue weighted by atomic mass is 10.1. The summed E-state index contributed by atoms with van der Waals surface area (Å²) in [5, 5.41) is 3.14. The molecule has 0 fully saturated rings. The van der Waals surface area contributed by atoms with Crippen LogP contribution in [-0.2, 0) is 9.53 Å². The van der Waals surface area contributed by atoms with Gasteiger partial charge in [-0.3, -0.25) is 0 Å². The molecule has 110 valence electrons. The van der Waals surface area contributed by atoms with Crippen LogP contribution in [0.25, 0.3) is 0 Å². The van der Waals surface area contributed by atoms with Crippen molar-refractivity contribution in [3.05, 3.63) is 52.6 Å². The van der Waals surface area contributed by atoms with Gasteiger partial charge in [0.1, 0.15) is 0 Å². The number of nitrogens with zero attached hydrogens (tertiary/aromatic N) is 1. The molecule has 21 heavy (non-hydrogen) atoms. The maximum Gasteiger partial charge on any atom is 0.333 e. The van der Waals surface area contributed by atoms with Crippen molar-refractivity contribution in [2.24, 2.45) is 0 Å². The third-order valence-corrected chi connectivity index (χ3v) is 3.37. The third-order valence-electron chi connectivity index (χ3n) is 2.87. The lowest BCUT2D eigenvalue weighted by molar-refractivity contribution is -0.141. The number of pyridine rings is 1. The van der Waals surface area contributed by atoms with Gasteiger partial charge in [-0.25, -0.2) is 9.78 Å². The lowest BCUT2D eigenvalue weighted by Crippen LogP contribution is -2.22. The van der Waals surface area contributed by atoms with Gasteiger partial charge in [0.05, 0.1) is 14.2 Å². The molecule has 1 unspecified atom stereocenters. The summed E-state index contributed by atoms with van der Waals surface area (Å²) in [6.45, 7) is 0. The maximum absolute atomic E-state index is 12.0. The summed E-state index contributed by atoms with van der Waals surface area (Å²) < 4.78 is 10.8. The monoisotopic (exact) mass is 350 g/mol. The summed E-state index contributed by atoms with van der Waals surface area (Å²) in [5.74, 6) is 0.103. The van der Waals surface area contributed by atoms with Crippen molar-refractivity contribution < 1.29 is 14.3 Å². The second-order valence-corrected chi connectivity index (χ2v) is 5.16. The Morgan fingerprint density at radius 3 is 2.67 bits per heavy atom. The molecule has 0 bridgehead atoms. The van der Waals surface area contributed by atoms with Crippen LogP contribution in [0.4, 0.5) is 5.69 Å². The van der Waals surface area contributed by atoms with Crippen LogP contribution >= 0.6 is 15.9 Å². The topological polar surface area (TPSA) is 60.5 Å². The molecule has 0 radical (unpaired) electrons. The first kappa shape index (κ1) is 15.3. The van der Waals surface area contributed by atoms with Crippen molar-refractivity contribution in [3.8, 4) is 5.88 Å². The zero-order valence-corrected chi connectivity index (χ0v) is 13.3. The summed E-state index contributed by atoms with van der Waals surface area (Å²) in [7, 11) is 2.90. The van der Waals surface area contributed by atoms with E-state index in [0.717, 1.165) is 10.2 Å². The minimum absolute atomic E-state index is 0.387. The molecule has 2 rings (SSSR count). The van der Waals surface area contributed by atoms with Crippen molar-refractivity contribution in [1.29, 1.82) is 0 Å². The average molecular weight is 351 g/mol. The molecule has 0 aliphatic rings. The predicted octanol–water partition coefficient (Wildman–Crippen LogP) is 3.18. The molecule has 0 aliphatic carbocycles. The van der Waals surface area contributed by atoms with Crippen molar-refractivity contribution in [3.63, 3.8) is 0 Å². The average Bonchev–Trinajstić information content (AvgIpc) is 2.52. The number of esters is 1. The summed E-state index contributed by atoms with van der Waals surface area (Å²) in [5.41, 5.74) is 1.50. The van der Waals surface area contributed by atoms with Crippen LogP contribution in [0.1, 0.15) is 11.6 Å². The molecule has 6 heteroatoms. The van der Waals surface area contributed by atoms with Crippen molar-refractivity contribution >= 4 is 27.6 Å². The van der Waals surface area contributed by atoms with Crippen LogP contribution in [0, 0.1) is 0 Å². The fourth-order valence-electron chi connectivity index (χ4n) is 1.82. The van der Waals surface area contributed by atoms with Crippen LogP contribution in [0.5, 0.6) is 5.88 Å². The molecule has 0 amide bonds. The number of aromatic nitrogens is 1. The van der Waals surface area contributed by atoms with Gasteiger partial charge in [0.15, 0.2) is 6.04 Å². The van der Waals surface area contributed by atoms with Crippen LogP contribution in [0.2, 0.25) is 0 Å². The van der Waals surface area contributed by atoms with Crippen LogP contribution in [-0.4, -0.2) is 25.2 Å². The Bertz CT molecular complexity index is 617. The number of carbonyl (C=O) groups is 1. The fraction of sp³-hybridized carbons (Fsp3) is 0.200. The van der Waals surface area contributed by atoms with Crippen LogP contribution in [0.3, 0.4) is 0 Å². The molecule has 2 aromatic rings. The molecule has 1 aromatic heterocycles. The van der Waals surface area contributed by atoms with E-state index in [-0.39, 0.29) is 5.97 Å². The highest BCUT2D eigenvalue weighted by molar-refractivity contribution is 9.10. The van der Waals surface area contributed by atoms with E-state index < -0.39 is 6.04 Å². The molecule has 1 atom stereocenters. The van der Waals surface area contributed by atoms with E-state index in [1.165, 1.54) is 7.11 Å². The molecule has 1 N–H and O–H groups in total. The lowest BCUT2D eigenvalue weighted by Gasteiger charge is -2.18. The first-order valence-electron chi connectivity index (χ1n) is 6.24. The first-order chi connectivity index (χ1) is 10.1. The summed E-state index contributed by atoms with van der Waals surface area (Å²) in [6.07, 6.45) is 1.59. The number of hydrogen-bond donors (Lipinski definition) is 1. The molecular weight excluding hydrogens is 336 g/mol. The second kappa shape index (κ2) is 7.08. The highest BCUT2D eigenvalue weighted by Gasteiger charge is 2.21. The predicted molar refractivity (Wildman–Crippen MR) is 83.3 cm³/mol. The smallest absolute Gasteiger partial charge is 0.333 e. The quantitative estimate of drug-likeness (QED) is 0.839. The molecule has 1 aromatic carbocycles. The number of anilines is 1. The Kier molecular flexibility index (Phi) is 5.16. The van der Waals surface area contributed by atoms with Crippen molar-refractivity contribution in [2.45, 2.75) is 6.04 Å². The Morgan fingerprint density at radius 1 is 1.29 bits per heavy atom. The first-order valence-corrected chi connectivity index (χ1v) is 7.03. The molecule has 0 saturated heterocycles. The number of rotatable bonds is 5. The SMILES string of the molecule is COC(=O)C(Nc1cccc(Br)c1)c1ccc(OC)nc1. The molecule has 5 nitrogen and oxygen atoms in total. The highest BCUT2D eigenvalue weighted by atomic mass is 79.9. The van der Waals surface area contributed by atoms with Gasteiger partial charge in [-0.05, 0) is 24.3 Å². The van der Waals surface area contributed by atoms with Crippen molar-refractivity contribution in [2.75, 3.05) is 19.5 Å². The van der Waals surface area contributed by atoms with E-state index >= 15 is 0 Å². The Morgan fingerprint density at radius 2 is 2.10 bits per heavy atom. The minimum Gasteiger partial charge on any atom is -0.481 e. The van der Waals surface area contributed by atoms with E-state index in [1.807, 2.05) is 24.3 Å².